The third-order valence-corrected chi connectivity index (χ3v) is 2.69. The van der Waals surface area contributed by atoms with E-state index in [0.717, 1.165) is 13.1 Å². The van der Waals surface area contributed by atoms with Crippen molar-refractivity contribution >= 4 is 15.9 Å². The first-order valence-corrected chi connectivity index (χ1v) is 4.99. The van der Waals surface area contributed by atoms with Crippen LogP contribution in [0.1, 0.15) is 18.1 Å². The van der Waals surface area contributed by atoms with Crippen LogP contribution in [0.25, 0.3) is 0 Å². The summed E-state index contributed by atoms with van der Waals surface area (Å²) in [5.41, 5.74) is 2.64. The van der Waals surface area contributed by atoms with Crippen LogP contribution in [0.5, 0.6) is 0 Å². The van der Waals surface area contributed by atoms with Gasteiger partial charge in [0.25, 0.3) is 0 Å². The molecule has 1 rings (SSSR count). The van der Waals surface area contributed by atoms with Crippen LogP contribution in [-0.2, 0) is 6.54 Å². The second-order valence-corrected chi connectivity index (χ2v) is 3.72. The highest BCUT2D eigenvalue weighted by atomic mass is 79.9. The molecule has 0 unspecified atom stereocenters. The minimum absolute atomic E-state index is 0.963. The van der Waals surface area contributed by atoms with Crippen molar-refractivity contribution in [1.82, 2.24) is 5.32 Å². The maximum atomic E-state index is 3.48. The number of hydrogen-bond donors (Lipinski definition) is 1. The average Bonchev–Trinajstić information content (AvgIpc) is 2.07. The fraction of sp³-hybridized carbons (Fsp3) is 0.400. The van der Waals surface area contributed by atoms with Crippen LogP contribution in [0.15, 0.2) is 22.7 Å². The molecule has 1 aromatic carbocycles. The van der Waals surface area contributed by atoms with E-state index in [1.165, 1.54) is 15.6 Å². The van der Waals surface area contributed by atoms with Gasteiger partial charge >= 0.3 is 0 Å². The maximum absolute atomic E-state index is 3.48. The fourth-order valence-electron chi connectivity index (χ4n) is 1.09. The van der Waals surface area contributed by atoms with Crippen LogP contribution in [0.4, 0.5) is 0 Å². The summed E-state index contributed by atoms with van der Waals surface area (Å²) in [5.74, 6) is 0. The zero-order valence-electron chi connectivity index (χ0n) is 7.52. The Morgan fingerprint density at radius 1 is 1.42 bits per heavy atom. The number of benzene rings is 1. The molecule has 0 heterocycles. The highest BCUT2D eigenvalue weighted by Gasteiger charge is 1.95. The molecular formula is C10H14BrN. The topological polar surface area (TPSA) is 12.0 Å². The van der Waals surface area contributed by atoms with Crippen molar-refractivity contribution in [3.05, 3.63) is 33.8 Å². The van der Waals surface area contributed by atoms with Crippen LogP contribution in [-0.4, -0.2) is 6.54 Å². The van der Waals surface area contributed by atoms with Crippen molar-refractivity contribution < 1.29 is 0 Å². The van der Waals surface area contributed by atoms with E-state index in [-0.39, 0.29) is 0 Å². The first-order valence-electron chi connectivity index (χ1n) is 4.19. The van der Waals surface area contributed by atoms with Crippen molar-refractivity contribution in [3.63, 3.8) is 0 Å². The van der Waals surface area contributed by atoms with Crippen LogP contribution in [0.3, 0.4) is 0 Å². The summed E-state index contributed by atoms with van der Waals surface area (Å²) in [6.45, 7) is 6.21. The van der Waals surface area contributed by atoms with E-state index in [2.05, 4.69) is 53.3 Å². The quantitative estimate of drug-likeness (QED) is 0.838. The van der Waals surface area contributed by atoms with Gasteiger partial charge < -0.3 is 5.32 Å². The number of nitrogens with one attached hydrogen (secondary N) is 1. The maximum Gasteiger partial charge on any atom is 0.0205 e. The lowest BCUT2D eigenvalue weighted by Crippen LogP contribution is -2.11. The Morgan fingerprint density at radius 2 is 2.17 bits per heavy atom. The van der Waals surface area contributed by atoms with E-state index < -0.39 is 0 Å². The Bertz CT molecular complexity index is 258. The monoisotopic (exact) mass is 227 g/mol. The first-order chi connectivity index (χ1) is 5.74. The zero-order valence-corrected chi connectivity index (χ0v) is 9.11. The Kier molecular flexibility index (Phi) is 3.76. The van der Waals surface area contributed by atoms with E-state index in [1.54, 1.807) is 0 Å². The van der Waals surface area contributed by atoms with Gasteiger partial charge in [0.05, 0.1) is 0 Å². The molecule has 0 bridgehead atoms. The molecule has 0 fully saturated rings. The van der Waals surface area contributed by atoms with Gasteiger partial charge in [0.1, 0.15) is 0 Å². The fourth-order valence-corrected chi connectivity index (χ4v) is 1.33. The van der Waals surface area contributed by atoms with Crippen molar-refractivity contribution in [3.8, 4) is 0 Å². The third-order valence-electron chi connectivity index (χ3n) is 1.80. The normalized spacial score (nSPS) is 10.2. The first kappa shape index (κ1) is 9.75. The number of halogens is 1. The Hall–Kier alpha value is -0.340. The molecule has 0 aliphatic heterocycles. The zero-order chi connectivity index (χ0) is 8.97. The van der Waals surface area contributed by atoms with Gasteiger partial charge in [-0.1, -0.05) is 35.0 Å². The molecule has 0 saturated carbocycles. The molecule has 0 aliphatic carbocycles. The molecule has 0 aromatic heterocycles. The summed E-state index contributed by atoms with van der Waals surface area (Å²) in [6, 6.07) is 6.44. The van der Waals surface area contributed by atoms with Crippen molar-refractivity contribution in [2.75, 3.05) is 6.54 Å². The lowest BCUT2D eigenvalue weighted by Gasteiger charge is -2.04. The molecule has 0 atom stereocenters. The third kappa shape index (κ3) is 2.61. The lowest BCUT2D eigenvalue weighted by atomic mass is 10.1. The van der Waals surface area contributed by atoms with Crippen molar-refractivity contribution in [2.24, 2.45) is 0 Å². The van der Waals surface area contributed by atoms with Crippen LogP contribution < -0.4 is 5.32 Å². The molecule has 2 heteroatoms. The second-order valence-electron chi connectivity index (χ2n) is 2.86. The second kappa shape index (κ2) is 4.63. The van der Waals surface area contributed by atoms with E-state index >= 15 is 0 Å². The molecule has 1 aromatic rings. The highest BCUT2D eigenvalue weighted by molar-refractivity contribution is 9.10. The van der Waals surface area contributed by atoms with Gasteiger partial charge in [-0.25, -0.2) is 0 Å². The summed E-state index contributed by atoms with van der Waals surface area (Å²) in [4.78, 5) is 0. The molecule has 0 radical (unpaired) electrons. The molecule has 1 N–H and O–H groups in total. The molecule has 0 amide bonds. The molecule has 0 saturated heterocycles. The van der Waals surface area contributed by atoms with Crippen molar-refractivity contribution in [1.29, 1.82) is 0 Å². The van der Waals surface area contributed by atoms with Gasteiger partial charge in [-0.05, 0) is 30.7 Å². The minimum Gasteiger partial charge on any atom is -0.313 e. The largest absolute Gasteiger partial charge is 0.313 e. The lowest BCUT2D eigenvalue weighted by molar-refractivity contribution is 0.726. The van der Waals surface area contributed by atoms with E-state index in [4.69, 9.17) is 0 Å². The Labute approximate surface area is 82.3 Å². The van der Waals surface area contributed by atoms with Gasteiger partial charge in [0.15, 0.2) is 0 Å². The van der Waals surface area contributed by atoms with E-state index in [9.17, 15) is 0 Å². The number of hydrogen-bond acceptors (Lipinski definition) is 1. The summed E-state index contributed by atoms with van der Waals surface area (Å²) in [6.07, 6.45) is 0. The number of rotatable bonds is 3. The van der Waals surface area contributed by atoms with E-state index in [1.807, 2.05) is 0 Å². The van der Waals surface area contributed by atoms with E-state index in [0.29, 0.717) is 0 Å². The molecule has 1 nitrogen and oxygen atoms in total. The van der Waals surface area contributed by atoms with Crippen LogP contribution in [0, 0.1) is 6.92 Å². The summed E-state index contributed by atoms with van der Waals surface area (Å²) in [5, 5.41) is 3.30. The van der Waals surface area contributed by atoms with Gasteiger partial charge in [0.2, 0.25) is 0 Å². The molecule has 0 aliphatic rings. The van der Waals surface area contributed by atoms with Crippen LogP contribution in [0.2, 0.25) is 0 Å². The average molecular weight is 228 g/mol. The SMILES string of the molecule is CCNCc1ccc(Br)c(C)c1. The summed E-state index contributed by atoms with van der Waals surface area (Å²) < 4.78 is 1.18. The highest BCUT2D eigenvalue weighted by Crippen LogP contribution is 2.16. The molecule has 0 spiro atoms. The smallest absolute Gasteiger partial charge is 0.0205 e. The Morgan fingerprint density at radius 3 is 2.75 bits per heavy atom. The van der Waals surface area contributed by atoms with Gasteiger partial charge in [-0.15, -0.1) is 0 Å². The van der Waals surface area contributed by atoms with Gasteiger partial charge in [0, 0.05) is 11.0 Å². The minimum atomic E-state index is 0.963. The van der Waals surface area contributed by atoms with Crippen LogP contribution >= 0.6 is 15.9 Å². The predicted octanol–water partition coefficient (Wildman–Crippen LogP) is 2.87. The Balaban J connectivity index is 2.69. The molecular weight excluding hydrogens is 214 g/mol. The molecule has 12 heavy (non-hydrogen) atoms. The van der Waals surface area contributed by atoms with Crippen molar-refractivity contribution in [2.45, 2.75) is 20.4 Å². The molecule has 66 valence electrons. The number of aryl methyl sites for hydroxylation is 1. The summed E-state index contributed by atoms with van der Waals surface area (Å²) >= 11 is 3.48. The standard InChI is InChI=1S/C10H14BrN/c1-3-12-7-9-4-5-10(11)8(2)6-9/h4-6,12H,3,7H2,1-2H3. The summed E-state index contributed by atoms with van der Waals surface area (Å²) in [7, 11) is 0. The van der Waals surface area contributed by atoms with Gasteiger partial charge in [-0.2, -0.15) is 0 Å². The van der Waals surface area contributed by atoms with Gasteiger partial charge in [-0.3, -0.25) is 0 Å². The predicted molar refractivity (Wildman–Crippen MR) is 56.3 cm³/mol.